The predicted molar refractivity (Wildman–Crippen MR) is 58.4 cm³/mol. The van der Waals surface area contributed by atoms with Gasteiger partial charge in [0.1, 0.15) is 5.56 Å². The molecule has 4 nitrogen and oxygen atoms in total. The lowest BCUT2D eigenvalue weighted by Crippen LogP contribution is -2.08. The van der Waals surface area contributed by atoms with E-state index in [4.69, 9.17) is 26.8 Å². The SMILES string of the molecule is CCOC(=O)c1ccc(Cl)c(N)c1OC. The van der Waals surface area contributed by atoms with Crippen LogP contribution in [0.15, 0.2) is 12.1 Å². The Labute approximate surface area is 92.9 Å². The largest absolute Gasteiger partial charge is 0.494 e. The summed E-state index contributed by atoms with van der Waals surface area (Å²) in [5.74, 6) is -0.223. The van der Waals surface area contributed by atoms with Gasteiger partial charge in [-0.25, -0.2) is 4.79 Å². The van der Waals surface area contributed by atoms with Gasteiger partial charge in [-0.1, -0.05) is 11.6 Å². The fraction of sp³-hybridized carbons (Fsp3) is 0.300. The Bertz CT molecular complexity index is 379. The summed E-state index contributed by atoms with van der Waals surface area (Å²) < 4.78 is 9.86. The minimum absolute atomic E-state index is 0.240. The molecule has 0 saturated heterocycles. The van der Waals surface area contributed by atoms with E-state index in [0.29, 0.717) is 11.6 Å². The summed E-state index contributed by atoms with van der Waals surface area (Å²) in [5.41, 5.74) is 6.18. The molecule has 0 atom stereocenters. The van der Waals surface area contributed by atoms with Gasteiger partial charge >= 0.3 is 5.97 Å². The van der Waals surface area contributed by atoms with Crippen molar-refractivity contribution in [2.24, 2.45) is 0 Å². The van der Waals surface area contributed by atoms with Gasteiger partial charge in [-0.3, -0.25) is 0 Å². The molecule has 0 aliphatic rings. The van der Waals surface area contributed by atoms with E-state index >= 15 is 0 Å². The number of ether oxygens (including phenoxy) is 2. The Morgan fingerprint density at radius 3 is 2.73 bits per heavy atom. The van der Waals surface area contributed by atoms with Crippen molar-refractivity contribution in [1.82, 2.24) is 0 Å². The Hall–Kier alpha value is -1.42. The van der Waals surface area contributed by atoms with Gasteiger partial charge in [-0.05, 0) is 19.1 Å². The third-order valence-corrected chi connectivity index (χ3v) is 2.17. The molecule has 0 bridgehead atoms. The zero-order valence-corrected chi connectivity index (χ0v) is 9.30. The van der Waals surface area contributed by atoms with E-state index < -0.39 is 5.97 Å². The molecule has 0 amide bonds. The second-order valence-corrected chi connectivity index (χ2v) is 3.17. The summed E-state index contributed by atoms with van der Waals surface area (Å²) in [5, 5.41) is 0.347. The lowest BCUT2D eigenvalue weighted by Gasteiger charge is -2.11. The summed E-state index contributed by atoms with van der Waals surface area (Å²) in [6.45, 7) is 2.02. The second-order valence-electron chi connectivity index (χ2n) is 2.76. The number of hydrogen-bond acceptors (Lipinski definition) is 4. The van der Waals surface area contributed by atoms with Crippen LogP contribution in [-0.2, 0) is 4.74 Å². The first-order valence-electron chi connectivity index (χ1n) is 4.40. The van der Waals surface area contributed by atoms with Crippen molar-refractivity contribution >= 4 is 23.3 Å². The highest BCUT2D eigenvalue weighted by atomic mass is 35.5. The molecule has 0 aromatic heterocycles. The molecule has 1 aromatic carbocycles. The number of benzene rings is 1. The molecule has 0 aliphatic carbocycles. The number of nitrogen functional groups attached to an aromatic ring is 1. The van der Waals surface area contributed by atoms with Crippen LogP contribution in [0.4, 0.5) is 5.69 Å². The zero-order valence-electron chi connectivity index (χ0n) is 8.54. The highest BCUT2D eigenvalue weighted by Crippen LogP contribution is 2.33. The molecule has 2 N–H and O–H groups in total. The lowest BCUT2D eigenvalue weighted by atomic mass is 10.1. The first-order chi connectivity index (χ1) is 7.11. The average molecular weight is 230 g/mol. The van der Waals surface area contributed by atoms with Crippen LogP contribution in [0.2, 0.25) is 5.02 Å². The first kappa shape index (κ1) is 11.7. The third-order valence-electron chi connectivity index (χ3n) is 1.84. The first-order valence-corrected chi connectivity index (χ1v) is 4.78. The average Bonchev–Trinajstić information content (AvgIpc) is 2.22. The molecule has 0 aliphatic heterocycles. The maximum Gasteiger partial charge on any atom is 0.341 e. The number of carbonyl (C=O) groups excluding carboxylic acids is 1. The van der Waals surface area contributed by atoms with Crippen LogP contribution < -0.4 is 10.5 Å². The lowest BCUT2D eigenvalue weighted by molar-refractivity contribution is 0.0523. The molecule has 0 spiro atoms. The van der Waals surface area contributed by atoms with E-state index in [1.54, 1.807) is 6.92 Å². The number of halogens is 1. The summed E-state index contributed by atoms with van der Waals surface area (Å²) in [6.07, 6.45) is 0. The smallest absolute Gasteiger partial charge is 0.341 e. The molecule has 0 radical (unpaired) electrons. The van der Waals surface area contributed by atoms with Crippen LogP contribution in [0.25, 0.3) is 0 Å². The van der Waals surface area contributed by atoms with E-state index in [0.717, 1.165) is 0 Å². The molecule has 5 heteroatoms. The third kappa shape index (κ3) is 2.33. The Balaban J connectivity index is 3.18. The molecule has 15 heavy (non-hydrogen) atoms. The monoisotopic (exact) mass is 229 g/mol. The molecule has 0 fully saturated rings. The van der Waals surface area contributed by atoms with E-state index in [2.05, 4.69) is 0 Å². The Kier molecular flexibility index (Phi) is 3.80. The molecule has 0 unspecified atom stereocenters. The maximum atomic E-state index is 11.5. The van der Waals surface area contributed by atoms with Gasteiger partial charge in [0.2, 0.25) is 0 Å². The summed E-state index contributed by atoms with van der Waals surface area (Å²) in [4.78, 5) is 11.5. The highest BCUT2D eigenvalue weighted by molar-refractivity contribution is 6.33. The summed E-state index contributed by atoms with van der Waals surface area (Å²) >= 11 is 5.79. The van der Waals surface area contributed by atoms with Crippen molar-refractivity contribution in [2.45, 2.75) is 6.92 Å². The molecule has 0 saturated carbocycles. The van der Waals surface area contributed by atoms with Gasteiger partial charge in [-0.15, -0.1) is 0 Å². The second kappa shape index (κ2) is 4.89. The fourth-order valence-corrected chi connectivity index (χ4v) is 1.31. The van der Waals surface area contributed by atoms with Gasteiger partial charge in [0, 0.05) is 0 Å². The van der Waals surface area contributed by atoms with Crippen molar-refractivity contribution in [3.8, 4) is 5.75 Å². The highest BCUT2D eigenvalue weighted by Gasteiger charge is 2.17. The van der Waals surface area contributed by atoms with E-state index in [1.165, 1.54) is 19.2 Å². The number of methoxy groups -OCH3 is 1. The van der Waals surface area contributed by atoms with Crippen molar-refractivity contribution in [3.63, 3.8) is 0 Å². The van der Waals surface area contributed by atoms with Crippen molar-refractivity contribution in [2.75, 3.05) is 19.5 Å². The zero-order chi connectivity index (χ0) is 11.4. The number of hydrogen-bond donors (Lipinski definition) is 1. The van der Waals surface area contributed by atoms with E-state index in [-0.39, 0.29) is 17.0 Å². The number of esters is 1. The normalized spacial score (nSPS) is 9.80. The number of nitrogens with two attached hydrogens (primary N) is 1. The van der Waals surface area contributed by atoms with Crippen LogP contribution in [0.3, 0.4) is 0 Å². The van der Waals surface area contributed by atoms with Crippen molar-refractivity contribution in [3.05, 3.63) is 22.7 Å². The van der Waals surface area contributed by atoms with Gasteiger partial charge < -0.3 is 15.2 Å². The van der Waals surface area contributed by atoms with Crippen LogP contribution in [0, 0.1) is 0 Å². The molecule has 0 heterocycles. The van der Waals surface area contributed by atoms with Gasteiger partial charge in [0.25, 0.3) is 0 Å². The minimum Gasteiger partial charge on any atom is -0.494 e. The molecule has 1 aromatic rings. The molecule has 1 rings (SSSR count). The van der Waals surface area contributed by atoms with Gasteiger partial charge in [-0.2, -0.15) is 0 Å². The number of rotatable bonds is 3. The fourth-order valence-electron chi connectivity index (χ4n) is 1.17. The van der Waals surface area contributed by atoms with Gasteiger partial charge in [0.05, 0.1) is 24.4 Å². The van der Waals surface area contributed by atoms with Gasteiger partial charge in [0.15, 0.2) is 5.75 Å². The van der Waals surface area contributed by atoms with E-state index in [9.17, 15) is 4.79 Å². The Morgan fingerprint density at radius 1 is 1.53 bits per heavy atom. The quantitative estimate of drug-likeness (QED) is 0.637. The summed E-state index contributed by atoms with van der Waals surface area (Å²) in [6, 6.07) is 3.06. The van der Waals surface area contributed by atoms with Crippen molar-refractivity contribution in [1.29, 1.82) is 0 Å². The standard InChI is InChI=1S/C10H12ClNO3/c1-3-15-10(13)6-4-5-7(11)8(12)9(6)14-2/h4-5H,3,12H2,1-2H3. The minimum atomic E-state index is -0.474. The Morgan fingerprint density at radius 2 is 2.20 bits per heavy atom. The maximum absolute atomic E-state index is 11.5. The number of carbonyl (C=O) groups is 1. The predicted octanol–water partition coefficient (Wildman–Crippen LogP) is 2.11. The van der Waals surface area contributed by atoms with Crippen LogP contribution in [0.5, 0.6) is 5.75 Å². The molecular formula is C10H12ClNO3. The molecular weight excluding hydrogens is 218 g/mol. The van der Waals surface area contributed by atoms with Crippen molar-refractivity contribution < 1.29 is 14.3 Å². The topological polar surface area (TPSA) is 61.5 Å². The van der Waals surface area contributed by atoms with Crippen LogP contribution in [0.1, 0.15) is 17.3 Å². The van der Waals surface area contributed by atoms with E-state index in [1.807, 2.05) is 0 Å². The molecule has 82 valence electrons. The van der Waals surface area contributed by atoms with Crippen LogP contribution in [-0.4, -0.2) is 19.7 Å². The van der Waals surface area contributed by atoms with Crippen LogP contribution >= 0.6 is 11.6 Å². The summed E-state index contributed by atoms with van der Waals surface area (Å²) in [7, 11) is 1.42. The number of anilines is 1.